The maximum atomic E-state index is 12.3. The zero-order valence-electron chi connectivity index (χ0n) is 15.2. The van der Waals surface area contributed by atoms with E-state index in [1.165, 1.54) is 18.7 Å². The molecule has 0 aliphatic heterocycles. The number of nitriles is 1. The van der Waals surface area contributed by atoms with E-state index in [1.54, 1.807) is 36.4 Å². The van der Waals surface area contributed by atoms with Crippen molar-refractivity contribution in [2.45, 2.75) is 13.3 Å². The van der Waals surface area contributed by atoms with Crippen LogP contribution in [0, 0.1) is 11.3 Å². The van der Waals surface area contributed by atoms with Crippen molar-refractivity contribution >= 4 is 23.6 Å². The van der Waals surface area contributed by atoms with Crippen molar-refractivity contribution in [3.8, 4) is 11.8 Å². The van der Waals surface area contributed by atoms with Crippen molar-refractivity contribution in [2.75, 3.05) is 19.0 Å². The molecule has 2 aromatic carbocycles. The van der Waals surface area contributed by atoms with Gasteiger partial charge in [-0.2, -0.15) is 5.26 Å². The fourth-order valence-electron chi connectivity index (χ4n) is 2.20. The second kappa shape index (κ2) is 9.78. The van der Waals surface area contributed by atoms with Gasteiger partial charge in [-0.1, -0.05) is 31.2 Å². The molecule has 27 heavy (non-hydrogen) atoms. The van der Waals surface area contributed by atoms with Gasteiger partial charge in [0.25, 0.3) is 5.91 Å². The first-order valence-electron chi connectivity index (χ1n) is 8.37. The number of benzene rings is 2. The van der Waals surface area contributed by atoms with Crippen LogP contribution in [0.25, 0.3) is 6.08 Å². The number of ether oxygens (including phenoxy) is 2. The molecule has 1 amide bonds. The van der Waals surface area contributed by atoms with E-state index in [9.17, 15) is 14.9 Å². The Balaban J connectivity index is 2.04. The van der Waals surface area contributed by atoms with Gasteiger partial charge in [-0.15, -0.1) is 0 Å². The molecule has 0 atom stereocenters. The van der Waals surface area contributed by atoms with Crippen molar-refractivity contribution in [3.63, 3.8) is 0 Å². The number of nitrogens with one attached hydrogen (secondary N) is 1. The first-order chi connectivity index (χ1) is 13.0. The lowest BCUT2D eigenvalue weighted by molar-refractivity contribution is -0.142. The number of anilines is 1. The molecule has 0 bridgehead atoms. The summed E-state index contributed by atoms with van der Waals surface area (Å²) in [4.78, 5) is 23.4. The standard InChI is InChI=1S/C21H20N2O4/c1-3-15-4-8-18(9-5-15)23-21(25)17(13-22)12-16-6-10-19(11-7-16)27-14-20(24)26-2/h4-12H,3,14H2,1-2H3,(H,23,25)/b17-12+. The third kappa shape index (κ3) is 6.01. The van der Waals surface area contributed by atoms with Crippen molar-refractivity contribution in [1.29, 1.82) is 5.26 Å². The summed E-state index contributed by atoms with van der Waals surface area (Å²) in [7, 11) is 1.28. The van der Waals surface area contributed by atoms with Gasteiger partial charge in [0, 0.05) is 5.69 Å². The number of aryl methyl sites for hydroxylation is 1. The normalized spacial score (nSPS) is 10.6. The van der Waals surface area contributed by atoms with Crippen molar-refractivity contribution in [2.24, 2.45) is 0 Å². The summed E-state index contributed by atoms with van der Waals surface area (Å²) in [6, 6.07) is 16.0. The Hall–Kier alpha value is -3.59. The van der Waals surface area contributed by atoms with Crippen LogP contribution < -0.4 is 10.1 Å². The fourth-order valence-corrected chi connectivity index (χ4v) is 2.20. The van der Waals surface area contributed by atoms with E-state index < -0.39 is 11.9 Å². The number of methoxy groups -OCH3 is 1. The minimum Gasteiger partial charge on any atom is -0.482 e. The summed E-state index contributed by atoms with van der Waals surface area (Å²) in [6.45, 7) is 1.87. The smallest absolute Gasteiger partial charge is 0.343 e. The van der Waals surface area contributed by atoms with Crippen molar-refractivity contribution in [1.82, 2.24) is 0 Å². The summed E-state index contributed by atoms with van der Waals surface area (Å²) in [6.07, 6.45) is 2.40. The SMILES string of the molecule is CCc1ccc(NC(=O)/C(C#N)=C/c2ccc(OCC(=O)OC)cc2)cc1. The summed E-state index contributed by atoms with van der Waals surface area (Å²) in [5.41, 5.74) is 2.44. The van der Waals surface area contributed by atoms with E-state index in [0.717, 1.165) is 6.42 Å². The predicted octanol–water partition coefficient (Wildman–Crippen LogP) is 3.35. The van der Waals surface area contributed by atoms with Crippen LogP contribution in [0.2, 0.25) is 0 Å². The number of hydrogen-bond acceptors (Lipinski definition) is 5. The lowest BCUT2D eigenvalue weighted by atomic mass is 10.1. The first kappa shape index (κ1) is 19.7. The number of carbonyl (C=O) groups excluding carboxylic acids is 2. The Morgan fingerprint density at radius 2 is 1.78 bits per heavy atom. The average Bonchev–Trinajstić information content (AvgIpc) is 2.71. The highest BCUT2D eigenvalue weighted by atomic mass is 16.6. The molecule has 0 aromatic heterocycles. The highest BCUT2D eigenvalue weighted by Gasteiger charge is 2.10. The third-order valence-corrected chi connectivity index (χ3v) is 3.76. The summed E-state index contributed by atoms with van der Waals surface area (Å²) in [5, 5.41) is 12.0. The lowest BCUT2D eigenvalue weighted by Crippen LogP contribution is -2.13. The number of rotatable bonds is 7. The molecule has 1 N–H and O–H groups in total. The number of nitrogens with zero attached hydrogens (tertiary/aromatic N) is 1. The van der Waals surface area contributed by atoms with Crippen LogP contribution in [0.4, 0.5) is 5.69 Å². The number of amides is 1. The Morgan fingerprint density at radius 1 is 1.11 bits per heavy atom. The molecule has 0 unspecified atom stereocenters. The molecule has 0 radical (unpaired) electrons. The van der Waals surface area contributed by atoms with Gasteiger partial charge in [0.15, 0.2) is 6.61 Å². The zero-order chi connectivity index (χ0) is 19.6. The summed E-state index contributed by atoms with van der Waals surface area (Å²) in [5.74, 6) is -0.473. The number of hydrogen-bond donors (Lipinski definition) is 1. The van der Waals surface area contributed by atoms with Crippen LogP contribution in [0.3, 0.4) is 0 Å². The van der Waals surface area contributed by atoms with Crippen LogP contribution in [0.5, 0.6) is 5.75 Å². The van der Waals surface area contributed by atoms with Crippen LogP contribution in [-0.4, -0.2) is 25.6 Å². The van der Waals surface area contributed by atoms with Crippen LogP contribution >= 0.6 is 0 Å². The van der Waals surface area contributed by atoms with Gasteiger partial charge in [0.2, 0.25) is 0 Å². The van der Waals surface area contributed by atoms with E-state index in [0.29, 0.717) is 17.0 Å². The van der Waals surface area contributed by atoms with Crippen LogP contribution in [0.15, 0.2) is 54.1 Å². The molecule has 2 aromatic rings. The molecule has 6 heteroatoms. The maximum absolute atomic E-state index is 12.3. The topological polar surface area (TPSA) is 88.4 Å². The van der Waals surface area contributed by atoms with E-state index >= 15 is 0 Å². The minimum absolute atomic E-state index is 0.0159. The molecule has 6 nitrogen and oxygen atoms in total. The van der Waals surface area contributed by atoms with Gasteiger partial charge in [-0.25, -0.2) is 4.79 Å². The van der Waals surface area contributed by atoms with E-state index in [2.05, 4.69) is 17.0 Å². The monoisotopic (exact) mass is 364 g/mol. The van der Waals surface area contributed by atoms with Gasteiger partial charge < -0.3 is 14.8 Å². The molecule has 0 spiro atoms. The van der Waals surface area contributed by atoms with E-state index in [1.807, 2.05) is 18.2 Å². The Kier molecular flexibility index (Phi) is 7.15. The molecule has 0 heterocycles. The second-order valence-corrected chi connectivity index (χ2v) is 5.61. The molecular formula is C21H20N2O4. The van der Waals surface area contributed by atoms with Gasteiger partial charge in [-0.05, 0) is 47.9 Å². The fraction of sp³-hybridized carbons (Fsp3) is 0.190. The molecule has 0 saturated carbocycles. The highest BCUT2D eigenvalue weighted by Crippen LogP contribution is 2.16. The molecule has 2 rings (SSSR count). The molecular weight excluding hydrogens is 344 g/mol. The Labute approximate surface area is 158 Å². The number of esters is 1. The minimum atomic E-state index is -0.479. The van der Waals surface area contributed by atoms with E-state index in [-0.39, 0.29) is 12.2 Å². The predicted molar refractivity (Wildman–Crippen MR) is 102 cm³/mol. The zero-order valence-corrected chi connectivity index (χ0v) is 15.2. The van der Waals surface area contributed by atoms with Gasteiger partial charge >= 0.3 is 5.97 Å². The average molecular weight is 364 g/mol. The van der Waals surface area contributed by atoms with Crippen molar-refractivity contribution in [3.05, 3.63) is 65.2 Å². The molecule has 138 valence electrons. The molecule has 0 aliphatic carbocycles. The molecule has 0 aliphatic rings. The van der Waals surface area contributed by atoms with Crippen LogP contribution in [0.1, 0.15) is 18.1 Å². The van der Waals surface area contributed by atoms with E-state index in [4.69, 9.17) is 4.74 Å². The van der Waals surface area contributed by atoms with Gasteiger partial charge in [-0.3, -0.25) is 4.79 Å². The number of carbonyl (C=O) groups is 2. The largest absolute Gasteiger partial charge is 0.482 e. The third-order valence-electron chi connectivity index (χ3n) is 3.76. The highest BCUT2D eigenvalue weighted by molar-refractivity contribution is 6.09. The molecule has 0 fully saturated rings. The second-order valence-electron chi connectivity index (χ2n) is 5.61. The Bertz CT molecular complexity index is 863. The lowest BCUT2D eigenvalue weighted by Gasteiger charge is -2.06. The summed E-state index contributed by atoms with van der Waals surface area (Å²) >= 11 is 0. The van der Waals surface area contributed by atoms with Crippen molar-refractivity contribution < 1.29 is 19.1 Å². The molecule has 0 saturated heterocycles. The summed E-state index contributed by atoms with van der Waals surface area (Å²) < 4.78 is 9.75. The van der Waals surface area contributed by atoms with Crippen LogP contribution in [-0.2, 0) is 20.7 Å². The Morgan fingerprint density at radius 3 is 2.33 bits per heavy atom. The van der Waals surface area contributed by atoms with Gasteiger partial charge in [0.1, 0.15) is 17.4 Å². The first-order valence-corrected chi connectivity index (χ1v) is 8.37. The quantitative estimate of drug-likeness (QED) is 0.462. The maximum Gasteiger partial charge on any atom is 0.343 e. The van der Waals surface area contributed by atoms with Gasteiger partial charge in [0.05, 0.1) is 7.11 Å².